The summed E-state index contributed by atoms with van der Waals surface area (Å²) in [6, 6.07) is 5.18. The monoisotopic (exact) mass is 477 g/mol. The molecule has 2 aromatic heterocycles. The summed E-state index contributed by atoms with van der Waals surface area (Å²) in [5.41, 5.74) is 0.704. The number of amides is 1. The smallest absolute Gasteiger partial charge is 0.447 e. The Bertz CT molecular complexity index is 1180. The molecule has 3 heterocycles. The van der Waals surface area contributed by atoms with Crippen molar-refractivity contribution in [1.29, 1.82) is 0 Å². The van der Waals surface area contributed by atoms with Crippen LogP contribution in [0, 0.1) is 6.92 Å². The molecule has 0 radical (unpaired) electrons. The van der Waals surface area contributed by atoms with E-state index in [9.17, 15) is 18.0 Å². The van der Waals surface area contributed by atoms with Crippen molar-refractivity contribution in [2.24, 2.45) is 0 Å². The maximum Gasteiger partial charge on any atom is 0.573 e. The number of halogens is 3. The van der Waals surface area contributed by atoms with Crippen LogP contribution in [0.25, 0.3) is 5.69 Å². The molecule has 0 spiro atoms. The first-order chi connectivity index (χ1) is 16.1. The van der Waals surface area contributed by atoms with Gasteiger partial charge in [-0.05, 0) is 32.4 Å². The number of anilines is 2. The molecule has 13 heteroatoms. The van der Waals surface area contributed by atoms with Crippen molar-refractivity contribution in [3.8, 4) is 11.4 Å². The van der Waals surface area contributed by atoms with Gasteiger partial charge in [0.2, 0.25) is 11.9 Å². The van der Waals surface area contributed by atoms with E-state index in [1.807, 2.05) is 6.92 Å². The molecule has 0 bridgehead atoms. The fourth-order valence-electron chi connectivity index (χ4n) is 3.49. The van der Waals surface area contributed by atoms with E-state index >= 15 is 0 Å². The van der Waals surface area contributed by atoms with Crippen LogP contribution in [0.5, 0.6) is 5.75 Å². The van der Waals surface area contributed by atoms with Crippen LogP contribution in [0.3, 0.4) is 0 Å². The summed E-state index contributed by atoms with van der Waals surface area (Å²) < 4.78 is 48.9. The summed E-state index contributed by atoms with van der Waals surface area (Å²) >= 11 is 0. The van der Waals surface area contributed by atoms with E-state index in [-0.39, 0.29) is 36.0 Å². The standard InChI is InChI=1S/C21H22F3N7O3/c1-4-14-10-33-20(32)31(14)19-28-13(3)27-18(29-19)26-12(2)15-9-30(11-25-15)16-7-5-6-8-17(16)34-21(22,23)24/h5-9,11-12,14H,4,10H2,1-3H3,(H,26,27,28,29)/t12-,14-/m0/s1. The number of aryl methyl sites for hydroxylation is 1. The predicted octanol–water partition coefficient (Wildman–Crippen LogP) is 4.17. The van der Waals surface area contributed by atoms with Crippen LogP contribution >= 0.6 is 0 Å². The van der Waals surface area contributed by atoms with Crippen molar-refractivity contribution in [2.75, 3.05) is 16.8 Å². The largest absolute Gasteiger partial charge is 0.573 e. The second-order valence-electron chi connectivity index (χ2n) is 7.60. The van der Waals surface area contributed by atoms with Gasteiger partial charge in [-0.2, -0.15) is 15.0 Å². The van der Waals surface area contributed by atoms with Gasteiger partial charge in [0, 0.05) is 6.20 Å². The Labute approximate surface area is 192 Å². The summed E-state index contributed by atoms with van der Waals surface area (Å²) in [5, 5.41) is 3.10. The average Bonchev–Trinajstić information content (AvgIpc) is 3.39. The van der Waals surface area contributed by atoms with E-state index in [0.717, 1.165) is 0 Å². The zero-order valence-corrected chi connectivity index (χ0v) is 18.6. The van der Waals surface area contributed by atoms with Gasteiger partial charge < -0.3 is 19.4 Å². The molecule has 2 atom stereocenters. The number of rotatable bonds is 7. The molecule has 180 valence electrons. The van der Waals surface area contributed by atoms with Gasteiger partial charge in [-0.3, -0.25) is 0 Å². The van der Waals surface area contributed by atoms with Gasteiger partial charge in [0.05, 0.1) is 29.8 Å². The molecule has 34 heavy (non-hydrogen) atoms. The third kappa shape index (κ3) is 5.02. The number of imidazole rings is 1. The topological polar surface area (TPSA) is 107 Å². The molecule has 1 aliphatic rings. The zero-order chi connectivity index (χ0) is 24.5. The Morgan fingerprint density at radius 2 is 2.03 bits per heavy atom. The van der Waals surface area contributed by atoms with E-state index in [4.69, 9.17) is 4.74 Å². The van der Waals surface area contributed by atoms with Crippen LogP contribution in [0.1, 0.15) is 37.8 Å². The first-order valence-electron chi connectivity index (χ1n) is 10.5. The molecule has 0 saturated carbocycles. The number of hydrogen-bond acceptors (Lipinski definition) is 8. The second kappa shape index (κ2) is 9.15. The molecule has 1 fully saturated rings. The number of hydrogen-bond donors (Lipinski definition) is 1. The average molecular weight is 477 g/mol. The third-order valence-corrected chi connectivity index (χ3v) is 5.14. The fraction of sp³-hybridized carbons (Fsp3) is 0.381. The summed E-state index contributed by atoms with van der Waals surface area (Å²) in [4.78, 5) is 30.7. The molecule has 0 aliphatic carbocycles. The SMILES string of the molecule is CC[C@H]1COC(=O)N1c1nc(C)nc(N[C@@H](C)c2cn(-c3ccccc3OC(F)(F)F)cn2)n1. The predicted molar refractivity (Wildman–Crippen MR) is 115 cm³/mol. The van der Waals surface area contributed by atoms with Crippen molar-refractivity contribution in [3.63, 3.8) is 0 Å². The van der Waals surface area contributed by atoms with Crippen molar-refractivity contribution in [2.45, 2.75) is 45.6 Å². The van der Waals surface area contributed by atoms with Gasteiger partial charge in [0.1, 0.15) is 12.4 Å². The van der Waals surface area contributed by atoms with Crippen LogP contribution in [-0.2, 0) is 4.74 Å². The lowest BCUT2D eigenvalue weighted by Crippen LogP contribution is -2.34. The van der Waals surface area contributed by atoms with Crippen molar-refractivity contribution in [3.05, 3.63) is 48.3 Å². The van der Waals surface area contributed by atoms with E-state index in [0.29, 0.717) is 17.9 Å². The second-order valence-corrected chi connectivity index (χ2v) is 7.60. The maximum atomic E-state index is 12.8. The summed E-state index contributed by atoms with van der Waals surface area (Å²) in [6.07, 6.45) is -1.69. The highest BCUT2D eigenvalue weighted by atomic mass is 19.4. The quantitative estimate of drug-likeness (QED) is 0.540. The first kappa shape index (κ1) is 23.3. The minimum atomic E-state index is -4.82. The molecule has 1 saturated heterocycles. The Kier molecular flexibility index (Phi) is 6.26. The Morgan fingerprint density at radius 3 is 2.76 bits per heavy atom. The Hall–Kier alpha value is -3.90. The molecular formula is C21H22F3N7O3. The fourth-order valence-corrected chi connectivity index (χ4v) is 3.49. The summed E-state index contributed by atoms with van der Waals surface area (Å²) in [6.45, 7) is 5.66. The van der Waals surface area contributed by atoms with Crippen LogP contribution in [0.2, 0.25) is 0 Å². The molecule has 0 unspecified atom stereocenters. The molecule has 10 nitrogen and oxygen atoms in total. The van der Waals surface area contributed by atoms with Crippen LogP contribution in [0.4, 0.5) is 29.9 Å². The summed E-state index contributed by atoms with van der Waals surface area (Å²) in [7, 11) is 0. The van der Waals surface area contributed by atoms with Gasteiger partial charge in [-0.25, -0.2) is 14.7 Å². The van der Waals surface area contributed by atoms with Gasteiger partial charge >= 0.3 is 12.5 Å². The normalized spacial score (nSPS) is 16.9. The molecule has 3 aromatic rings. The van der Waals surface area contributed by atoms with E-state index in [1.165, 1.54) is 34.0 Å². The minimum absolute atomic E-state index is 0.172. The number of cyclic esters (lactones) is 1. The Balaban J connectivity index is 1.55. The van der Waals surface area contributed by atoms with E-state index < -0.39 is 18.5 Å². The number of aromatic nitrogens is 5. The Morgan fingerprint density at radius 1 is 1.26 bits per heavy atom. The van der Waals surface area contributed by atoms with Gasteiger partial charge in [-0.1, -0.05) is 19.1 Å². The zero-order valence-electron chi connectivity index (χ0n) is 18.6. The van der Waals surface area contributed by atoms with Crippen LogP contribution < -0.4 is 15.0 Å². The van der Waals surface area contributed by atoms with Crippen LogP contribution in [0.15, 0.2) is 36.8 Å². The lowest BCUT2D eigenvalue weighted by atomic mass is 10.2. The molecule has 4 rings (SSSR count). The van der Waals surface area contributed by atoms with E-state index in [2.05, 4.69) is 30.0 Å². The number of carbonyl (C=O) groups is 1. The maximum absolute atomic E-state index is 12.8. The molecule has 1 aliphatic heterocycles. The van der Waals surface area contributed by atoms with Crippen molar-refractivity contribution >= 4 is 18.0 Å². The molecule has 1 amide bonds. The number of nitrogens with zero attached hydrogens (tertiary/aromatic N) is 6. The minimum Gasteiger partial charge on any atom is -0.447 e. The van der Waals surface area contributed by atoms with Crippen molar-refractivity contribution < 1.29 is 27.4 Å². The van der Waals surface area contributed by atoms with Gasteiger partial charge in [0.15, 0.2) is 5.75 Å². The lowest BCUT2D eigenvalue weighted by molar-refractivity contribution is -0.274. The number of nitrogens with one attached hydrogen (secondary N) is 1. The molecular weight excluding hydrogens is 455 g/mol. The third-order valence-electron chi connectivity index (χ3n) is 5.14. The number of ether oxygens (including phenoxy) is 2. The number of para-hydroxylation sites is 2. The molecule has 1 aromatic carbocycles. The first-order valence-corrected chi connectivity index (χ1v) is 10.5. The van der Waals surface area contributed by atoms with Crippen LogP contribution in [-0.4, -0.2) is 49.6 Å². The summed E-state index contributed by atoms with van der Waals surface area (Å²) in [5.74, 6) is 0.457. The van der Waals surface area contributed by atoms with Gasteiger partial charge in [-0.15, -0.1) is 13.2 Å². The highest BCUT2D eigenvalue weighted by Crippen LogP contribution is 2.30. The van der Waals surface area contributed by atoms with Gasteiger partial charge in [0.25, 0.3) is 0 Å². The lowest BCUT2D eigenvalue weighted by Gasteiger charge is -2.19. The molecule has 1 N–H and O–H groups in total. The highest BCUT2D eigenvalue weighted by molar-refractivity contribution is 5.88. The number of benzene rings is 1. The number of alkyl halides is 3. The van der Waals surface area contributed by atoms with E-state index in [1.54, 1.807) is 26.1 Å². The highest BCUT2D eigenvalue weighted by Gasteiger charge is 2.35. The van der Waals surface area contributed by atoms with Crippen molar-refractivity contribution in [1.82, 2.24) is 24.5 Å². The number of carbonyl (C=O) groups excluding carboxylic acids is 1.